The molecule has 4 N–H and O–H groups in total. The van der Waals surface area contributed by atoms with Crippen molar-refractivity contribution in [3.63, 3.8) is 0 Å². The Morgan fingerprint density at radius 2 is 1.86 bits per heavy atom. The molecule has 0 saturated heterocycles. The lowest BCUT2D eigenvalue weighted by Crippen LogP contribution is -2.18. The summed E-state index contributed by atoms with van der Waals surface area (Å²) in [4.78, 5) is 8.94. The summed E-state index contributed by atoms with van der Waals surface area (Å²) in [5.41, 5.74) is 3.71. The first-order valence-electron chi connectivity index (χ1n) is 6.80. The van der Waals surface area contributed by atoms with Crippen LogP contribution in [0, 0.1) is 0 Å². The number of furan rings is 1. The zero-order valence-corrected chi connectivity index (χ0v) is 13.7. The van der Waals surface area contributed by atoms with Gasteiger partial charge in [-0.05, 0) is 36.4 Å². The van der Waals surface area contributed by atoms with Gasteiger partial charge in [-0.25, -0.2) is 5.84 Å². The highest BCUT2D eigenvalue weighted by Crippen LogP contribution is 2.26. The zero-order chi connectivity index (χ0) is 16.8. The third-order valence-corrected chi connectivity index (χ3v) is 2.68. The van der Waals surface area contributed by atoms with Gasteiger partial charge in [0.1, 0.15) is 5.76 Å². The van der Waals surface area contributed by atoms with Gasteiger partial charge in [0.2, 0.25) is 6.41 Å². The molecular weight excluding hydrogens is 302 g/mol. The van der Waals surface area contributed by atoms with Gasteiger partial charge in [0.25, 0.3) is 0 Å². The van der Waals surface area contributed by atoms with Crippen LogP contribution < -0.4 is 16.6 Å². The summed E-state index contributed by atoms with van der Waals surface area (Å²) in [5.74, 6) is 5.22. The molecule has 2 rings (SSSR count). The molecule has 0 unspecified atom stereocenters. The van der Waals surface area contributed by atoms with Crippen molar-refractivity contribution in [2.24, 2.45) is 5.84 Å². The van der Waals surface area contributed by atoms with Crippen molar-refractivity contribution in [2.75, 3.05) is 12.4 Å². The molecule has 6 heteroatoms. The second kappa shape index (κ2) is 12.5. The summed E-state index contributed by atoms with van der Waals surface area (Å²) in [7, 11) is 1.87. The Bertz CT molecular complexity index is 555. The van der Waals surface area contributed by atoms with Gasteiger partial charge in [0.15, 0.2) is 0 Å². The number of amides is 1. The normalized spacial score (nSPS) is 9.14. The van der Waals surface area contributed by atoms with Gasteiger partial charge < -0.3 is 9.73 Å². The van der Waals surface area contributed by atoms with Crippen LogP contribution in [0.25, 0.3) is 12.2 Å². The molecule has 1 aromatic carbocycles. The predicted octanol–water partition coefficient (Wildman–Crippen LogP) is 3.78. The first-order valence-corrected chi connectivity index (χ1v) is 7.18. The van der Waals surface area contributed by atoms with Crippen molar-refractivity contribution in [1.82, 2.24) is 5.43 Å². The number of hydrogen-bond donors (Lipinski definition) is 3. The van der Waals surface area contributed by atoms with E-state index >= 15 is 0 Å². The molecule has 120 valence electrons. The number of carbonyl (C=O) groups is 1. The standard InChI is InChI=1S/C13H12ClNO.C2H6.CH4N2O/c1-15-13-6-2-5-12(14)11(13)8-7-10-4-3-9-16-10;1-2;2-3-1-4/h2-9,15H,1H3;1-2H3;1H,2H2,(H,3,4)/b8-7+;;. The van der Waals surface area contributed by atoms with Crippen molar-refractivity contribution in [3.8, 4) is 0 Å². The van der Waals surface area contributed by atoms with E-state index in [4.69, 9.17) is 20.8 Å². The zero-order valence-electron chi connectivity index (χ0n) is 13.0. The van der Waals surface area contributed by atoms with Gasteiger partial charge >= 0.3 is 0 Å². The predicted molar refractivity (Wildman–Crippen MR) is 93.4 cm³/mol. The Morgan fingerprint density at radius 3 is 2.36 bits per heavy atom. The van der Waals surface area contributed by atoms with E-state index in [9.17, 15) is 0 Å². The number of halogens is 1. The minimum absolute atomic E-state index is 0.403. The molecule has 0 saturated carbocycles. The van der Waals surface area contributed by atoms with Crippen LogP contribution in [0.3, 0.4) is 0 Å². The topological polar surface area (TPSA) is 80.3 Å². The fourth-order valence-corrected chi connectivity index (χ4v) is 1.71. The molecule has 0 aliphatic rings. The third kappa shape index (κ3) is 6.97. The van der Waals surface area contributed by atoms with E-state index in [-0.39, 0.29) is 0 Å². The molecular formula is C16H22ClN3O2. The molecule has 0 bridgehead atoms. The van der Waals surface area contributed by atoms with E-state index in [0.29, 0.717) is 6.41 Å². The van der Waals surface area contributed by atoms with E-state index in [2.05, 4.69) is 11.2 Å². The average molecular weight is 324 g/mol. The van der Waals surface area contributed by atoms with Crippen molar-refractivity contribution >= 4 is 35.9 Å². The SMILES string of the molecule is CC.CNc1cccc(Cl)c1/C=C/c1ccco1.NNC=O. The number of rotatable bonds is 4. The average Bonchev–Trinajstić information content (AvgIpc) is 3.09. The Kier molecular flexibility index (Phi) is 11.2. The lowest BCUT2D eigenvalue weighted by molar-refractivity contribution is -0.109. The molecule has 0 radical (unpaired) electrons. The Balaban J connectivity index is 0.000000640. The van der Waals surface area contributed by atoms with Crippen LogP contribution in [-0.2, 0) is 4.79 Å². The highest BCUT2D eigenvalue weighted by molar-refractivity contribution is 6.32. The van der Waals surface area contributed by atoms with Gasteiger partial charge in [-0.2, -0.15) is 0 Å². The summed E-state index contributed by atoms with van der Waals surface area (Å²) in [5, 5.41) is 3.82. The number of benzene rings is 1. The number of nitrogens with one attached hydrogen (secondary N) is 2. The fourth-order valence-electron chi connectivity index (χ4n) is 1.48. The van der Waals surface area contributed by atoms with Gasteiger partial charge in [0, 0.05) is 23.3 Å². The first-order chi connectivity index (χ1) is 10.7. The van der Waals surface area contributed by atoms with Crippen LogP contribution in [0.5, 0.6) is 0 Å². The maximum Gasteiger partial charge on any atom is 0.221 e. The summed E-state index contributed by atoms with van der Waals surface area (Å²) >= 11 is 6.13. The molecule has 2 aromatic rings. The molecule has 0 atom stereocenters. The molecule has 0 aliphatic heterocycles. The molecule has 5 nitrogen and oxygen atoms in total. The monoisotopic (exact) mass is 323 g/mol. The second-order valence-electron chi connectivity index (χ2n) is 3.58. The summed E-state index contributed by atoms with van der Waals surface area (Å²) in [6.07, 6.45) is 5.88. The summed E-state index contributed by atoms with van der Waals surface area (Å²) < 4.78 is 5.22. The van der Waals surface area contributed by atoms with E-state index < -0.39 is 0 Å². The molecule has 0 aliphatic carbocycles. The second-order valence-corrected chi connectivity index (χ2v) is 3.99. The lowest BCUT2D eigenvalue weighted by atomic mass is 10.1. The summed E-state index contributed by atoms with van der Waals surface area (Å²) in [6, 6.07) is 9.51. The fraction of sp³-hybridized carbons (Fsp3) is 0.188. The largest absolute Gasteiger partial charge is 0.465 e. The molecule has 1 amide bonds. The molecule has 1 aromatic heterocycles. The van der Waals surface area contributed by atoms with Crippen molar-refractivity contribution < 1.29 is 9.21 Å². The van der Waals surface area contributed by atoms with Gasteiger partial charge in [-0.1, -0.05) is 31.5 Å². The van der Waals surface area contributed by atoms with Crippen LogP contribution >= 0.6 is 11.6 Å². The van der Waals surface area contributed by atoms with E-state index in [1.54, 1.807) is 11.7 Å². The Hall–Kier alpha value is -2.24. The van der Waals surface area contributed by atoms with E-state index in [0.717, 1.165) is 22.0 Å². The number of hydrogen-bond acceptors (Lipinski definition) is 4. The maximum atomic E-state index is 8.94. The number of carbonyl (C=O) groups excluding carboxylic acids is 1. The first kappa shape index (κ1) is 19.8. The Labute approximate surface area is 136 Å². The summed E-state index contributed by atoms with van der Waals surface area (Å²) in [6.45, 7) is 4.00. The van der Waals surface area contributed by atoms with Crippen LogP contribution in [0.1, 0.15) is 25.2 Å². The quantitative estimate of drug-likeness (QED) is 0.346. The van der Waals surface area contributed by atoms with Crippen molar-refractivity contribution in [1.29, 1.82) is 0 Å². The number of nitrogens with two attached hydrogens (primary N) is 1. The van der Waals surface area contributed by atoms with Gasteiger partial charge in [-0.3, -0.25) is 10.2 Å². The van der Waals surface area contributed by atoms with Crippen molar-refractivity contribution in [2.45, 2.75) is 13.8 Å². The minimum atomic E-state index is 0.403. The minimum Gasteiger partial charge on any atom is -0.465 e. The van der Waals surface area contributed by atoms with Crippen molar-refractivity contribution in [3.05, 3.63) is 52.9 Å². The van der Waals surface area contributed by atoms with Gasteiger partial charge in [0.05, 0.1) is 6.26 Å². The van der Waals surface area contributed by atoms with Gasteiger partial charge in [-0.15, -0.1) is 0 Å². The number of hydrazine groups is 1. The van der Waals surface area contributed by atoms with Crippen LogP contribution in [-0.4, -0.2) is 13.5 Å². The molecule has 1 heterocycles. The number of anilines is 1. The highest BCUT2D eigenvalue weighted by atomic mass is 35.5. The highest BCUT2D eigenvalue weighted by Gasteiger charge is 2.01. The maximum absolute atomic E-state index is 8.94. The van der Waals surface area contributed by atoms with Crippen LogP contribution in [0.15, 0.2) is 41.0 Å². The van der Waals surface area contributed by atoms with Crippen LogP contribution in [0.2, 0.25) is 5.02 Å². The molecule has 0 fully saturated rings. The Morgan fingerprint density at radius 1 is 1.18 bits per heavy atom. The molecule has 22 heavy (non-hydrogen) atoms. The van der Waals surface area contributed by atoms with E-state index in [1.807, 2.05) is 63.4 Å². The lowest BCUT2D eigenvalue weighted by Gasteiger charge is -2.06. The van der Waals surface area contributed by atoms with Crippen LogP contribution in [0.4, 0.5) is 5.69 Å². The van der Waals surface area contributed by atoms with E-state index in [1.165, 1.54) is 0 Å². The smallest absolute Gasteiger partial charge is 0.221 e. The molecule has 0 spiro atoms. The third-order valence-electron chi connectivity index (χ3n) is 2.35.